The van der Waals surface area contributed by atoms with Crippen molar-refractivity contribution in [3.63, 3.8) is 0 Å². The molecule has 1 aliphatic rings. The summed E-state index contributed by atoms with van der Waals surface area (Å²) in [5.41, 5.74) is 2.06. The maximum Gasteiger partial charge on any atom is 0.299 e. The van der Waals surface area contributed by atoms with Gasteiger partial charge in [0.25, 0.3) is 11.7 Å². The van der Waals surface area contributed by atoms with Gasteiger partial charge in [-0.3, -0.25) is 14.5 Å². The largest absolute Gasteiger partial charge is 0.299 e. The number of hydrogen-bond donors (Lipinski definition) is 0. The lowest BCUT2D eigenvalue weighted by Crippen LogP contribution is -2.31. The van der Waals surface area contributed by atoms with Crippen LogP contribution in [-0.4, -0.2) is 26.5 Å². The third-order valence-corrected chi connectivity index (χ3v) is 3.63. The normalized spacial score (nSPS) is 14.2. The zero-order valence-electron chi connectivity index (χ0n) is 12.2. The van der Waals surface area contributed by atoms with E-state index in [1.54, 1.807) is 16.8 Å². The number of hydrogen-bond acceptors (Lipinski definition) is 4. The fourth-order valence-corrected chi connectivity index (χ4v) is 2.65. The lowest BCUT2D eigenvalue weighted by atomic mass is 10.1. The van der Waals surface area contributed by atoms with Gasteiger partial charge in [-0.25, -0.2) is 9.67 Å². The van der Waals surface area contributed by atoms with E-state index in [1.165, 1.54) is 11.2 Å². The molecule has 0 atom stereocenters. The highest BCUT2D eigenvalue weighted by Crippen LogP contribution is 2.33. The van der Waals surface area contributed by atoms with Crippen molar-refractivity contribution in [3.05, 3.63) is 41.5 Å². The van der Waals surface area contributed by atoms with Gasteiger partial charge in [0.2, 0.25) is 0 Å². The molecule has 6 heteroatoms. The van der Waals surface area contributed by atoms with Crippen LogP contribution in [0.3, 0.4) is 0 Å². The molecule has 1 aromatic heterocycles. The SMILES string of the molecule is Cc1cccc2c1N(Cc1ncnn1C(C)C)C(=O)C2=O. The summed E-state index contributed by atoms with van der Waals surface area (Å²) in [6.07, 6.45) is 1.47. The van der Waals surface area contributed by atoms with Gasteiger partial charge < -0.3 is 0 Å². The third kappa shape index (κ3) is 2.03. The Morgan fingerprint density at radius 1 is 1.24 bits per heavy atom. The minimum absolute atomic E-state index is 0.146. The summed E-state index contributed by atoms with van der Waals surface area (Å²) in [6.45, 7) is 6.13. The molecule has 1 amide bonds. The lowest BCUT2D eigenvalue weighted by Gasteiger charge is -2.19. The van der Waals surface area contributed by atoms with Crippen molar-refractivity contribution >= 4 is 17.4 Å². The van der Waals surface area contributed by atoms with E-state index in [0.717, 1.165) is 5.56 Å². The molecular weight excluding hydrogens is 268 g/mol. The van der Waals surface area contributed by atoms with E-state index in [1.807, 2.05) is 26.8 Å². The number of fused-ring (bicyclic) bond motifs is 1. The van der Waals surface area contributed by atoms with Crippen molar-refractivity contribution < 1.29 is 9.59 Å². The first-order valence-electron chi connectivity index (χ1n) is 6.85. The van der Waals surface area contributed by atoms with Crippen LogP contribution in [0.15, 0.2) is 24.5 Å². The number of anilines is 1. The maximum absolute atomic E-state index is 12.2. The number of nitrogens with zero attached hydrogens (tertiary/aromatic N) is 4. The van der Waals surface area contributed by atoms with E-state index in [-0.39, 0.29) is 12.6 Å². The fourth-order valence-electron chi connectivity index (χ4n) is 2.65. The predicted octanol–water partition coefficient (Wildman–Crippen LogP) is 1.90. The van der Waals surface area contributed by atoms with Gasteiger partial charge in [0.1, 0.15) is 12.2 Å². The first kappa shape index (κ1) is 13.5. The summed E-state index contributed by atoms with van der Waals surface area (Å²) in [5.74, 6) is -0.288. The summed E-state index contributed by atoms with van der Waals surface area (Å²) in [7, 11) is 0. The smallest absolute Gasteiger partial charge is 0.297 e. The van der Waals surface area contributed by atoms with Crippen molar-refractivity contribution in [3.8, 4) is 0 Å². The summed E-state index contributed by atoms with van der Waals surface area (Å²) in [6, 6.07) is 5.52. The number of ketones is 1. The number of carbonyl (C=O) groups is 2. The van der Waals surface area contributed by atoms with Gasteiger partial charge in [-0.05, 0) is 32.4 Å². The van der Waals surface area contributed by atoms with Crippen molar-refractivity contribution in [1.29, 1.82) is 0 Å². The van der Waals surface area contributed by atoms with Crippen molar-refractivity contribution in [2.75, 3.05) is 4.90 Å². The quantitative estimate of drug-likeness (QED) is 0.807. The third-order valence-electron chi connectivity index (χ3n) is 3.63. The Balaban J connectivity index is 2.03. The molecule has 0 unspecified atom stereocenters. The van der Waals surface area contributed by atoms with E-state index in [2.05, 4.69) is 10.1 Å². The first-order chi connectivity index (χ1) is 10.0. The zero-order valence-corrected chi connectivity index (χ0v) is 12.2. The van der Waals surface area contributed by atoms with Gasteiger partial charge in [-0.1, -0.05) is 12.1 Å². The zero-order chi connectivity index (χ0) is 15.1. The molecule has 0 fully saturated rings. The highest BCUT2D eigenvalue weighted by molar-refractivity contribution is 6.52. The second-order valence-electron chi connectivity index (χ2n) is 5.41. The molecule has 0 spiro atoms. The average Bonchev–Trinajstić information content (AvgIpc) is 2.99. The van der Waals surface area contributed by atoms with E-state index < -0.39 is 11.7 Å². The number of aryl methyl sites for hydroxylation is 1. The van der Waals surface area contributed by atoms with E-state index in [9.17, 15) is 9.59 Å². The fraction of sp³-hybridized carbons (Fsp3) is 0.333. The second kappa shape index (κ2) is 4.80. The van der Waals surface area contributed by atoms with Gasteiger partial charge in [0, 0.05) is 6.04 Å². The number of para-hydroxylation sites is 1. The van der Waals surface area contributed by atoms with Crippen LogP contribution in [0.5, 0.6) is 0 Å². The van der Waals surface area contributed by atoms with Crippen LogP contribution in [0.1, 0.15) is 41.6 Å². The summed E-state index contributed by atoms with van der Waals surface area (Å²) in [5, 5.41) is 4.16. The van der Waals surface area contributed by atoms with Crippen molar-refractivity contribution in [2.45, 2.75) is 33.4 Å². The highest BCUT2D eigenvalue weighted by atomic mass is 16.2. The summed E-state index contributed by atoms with van der Waals surface area (Å²) in [4.78, 5) is 30.0. The number of benzene rings is 1. The number of aromatic nitrogens is 3. The molecule has 6 nitrogen and oxygen atoms in total. The van der Waals surface area contributed by atoms with Crippen LogP contribution >= 0.6 is 0 Å². The molecule has 2 heterocycles. The van der Waals surface area contributed by atoms with Crippen LogP contribution in [0.2, 0.25) is 0 Å². The van der Waals surface area contributed by atoms with Crippen LogP contribution in [0.25, 0.3) is 0 Å². The lowest BCUT2D eigenvalue weighted by molar-refractivity contribution is -0.114. The molecule has 0 aliphatic carbocycles. The molecule has 1 aromatic carbocycles. The Hall–Kier alpha value is -2.50. The van der Waals surface area contributed by atoms with Crippen LogP contribution in [0.4, 0.5) is 5.69 Å². The Bertz CT molecular complexity index is 733. The molecule has 1 aliphatic heterocycles. The van der Waals surface area contributed by atoms with Crippen LogP contribution in [-0.2, 0) is 11.3 Å². The minimum Gasteiger partial charge on any atom is -0.297 e. The van der Waals surface area contributed by atoms with Crippen molar-refractivity contribution in [1.82, 2.24) is 14.8 Å². The Kier molecular flexibility index (Phi) is 3.08. The predicted molar refractivity (Wildman–Crippen MR) is 77.1 cm³/mol. The summed E-state index contributed by atoms with van der Waals surface area (Å²) < 4.78 is 1.76. The van der Waals surface area contributed by atoms with Crippen LogP contribution in [0, 0.1) is 6.92 Å². The number of rotatable bonds is 3. The van der Waals surface area contributed by atoms with Gasteiger partial charge in [-0.2, -0.15) is 5.10 Å². The standard InChI is InChI=1S/C15H16N4O2/c1-9(2)19-12(16-8-17-19)7-18-13-10(3)5-4-6-11(13)14(20)15(18)21/h4-6,8-9H,7H2,1-3H3. The summed E-state index contributed by atoms with van der Waals surface area (Å²) >= 11 is 0. The second-order valence-corrected chi connectivity index (χ2v) is 5.41. The number of carbonyl (C=O) groups excluding carboxylic acids is 2. The van der Waals surface area contributed by atoms with E-state index in [4.69, 9.17) is 0 Å². The Labute approximate surface area is 122 Å². The van der Waals surface area contributed by atoms with Crippen LogP contribution < -0.4 is 4.90 Å². The Morgan fingerprint density at radius 3 is 2.71 bits per heavy atom. The van der Waals surface area contributed by atoms with Gasteiger partial charge in [-0.15, -0.1) is 0 Å². The molecule has 0 N–H and O–H groups in total. The molecular formula is C15H16N4O2. The van der Waals surface area contributed by atoms with Gasteiger partial charge in [0.15, 0.2) is 0 Å². The first-order valence-corrected chi connectivity index (χ1v) is 6.85. The highest BCUT2D eigenvalue weighted by Gasteiger charge is 2.37. The molecule has 0 bridgehead atoms. The minimum atomic E-state index is -0.502. The number of Topliss-reactive ketones (excluding diaryl/α,β-unsaturated/α-hetero) is 1. The molecule has 108 valence electrons. The van der Waals surface area contributed by atoms with Gasteiger partial charge in [0.05, 0.1) is 17.8 Å². The molecule has 0 saturated carbocycles. The monoisotopic (exact) mass is 284 g/mol. The van der Waals surface area contributed by atoms with E-state index in [0.29, 0.717) is 17.1 Å². The van der Waals surface area contributed by atoms with E-state index >= 15 is 0 Å². The molecule has 0 saturated heterocycles. The number of amides is 1. The van der Waals surface area contributed by atoms with Gasteiger partial charge >= 0.3 is 0 Å². The molecule has 0 radical (unpaired) electrons. The average molecular weight is 284 g/mol. The Morgan fingerprint density at radius 2 is 2.00 bits per heavy atom. The molecule has 2 aromatic rings. The molecule has 3 rings (SSSR count). The van der Waals surface area contributed by atoms with Crippen molar-refractivity contribution in [2.24, 2.45) is 0 Å². The maximum atomic E-state index is 12.2. The molecule has 21 heavy (non-hydrogen) atoms. The topological polar surface area (TPSA) is 68.1 Å².